The van der Waals surface area contributed by atoms with E-state index in [1.807, 2.05) is 37.6 Å². The summed E-state index contributed by atoms with van der Waals surface area (Å²) in [6.45, 7) is 6.26. The average molecular weight is 244 g/mol. The van der Waals surface area contributed by atoms with Crippen molar-refractivity contribution in [1.29, 1.82) is 0 Å². The van der Waals surface area contributed by atoms with Gasteiger partial charge in [-0.15, -0.1) is 0 Å². The molecular weight excluding hydrogens is 228 g/mol. The van der Waals surface area contributed by atoms with Crippen molar-refractivity contribution in [1.82, 2.24) is 9.78 Å². The zero-order valence-electron chi connectivity index (χ0n) is 10.8. The highest BCUT2D eigenvalue weighted by atomic mass is 16.3. The molecule has 2 aromatic rings. The topological polar surface area (TPSA) is 55.1 Å². The van der Waals surface area contributed by atoms with Gasteiger partial charge in [0, 0.05) is 11.3 Å². The van der Waals surface area contributed by atoms with Gasteiger partial charge >= 0.3 is 0 Å². The van der Waals surface area contributed by atoms with E-state index in [2.05, 4.69) is 5.10 Å². The van der Waals surface area contributed by atoms with Crippen LogP contribution in [0.4, 0.5) is 0 Å². The first kappa shape index (κ1) is 12.4. The van der Waals surface area contributed by atoms with E-state index < -0.39 is 0 Å². The molecule has 1 aromatic carbocycles. The van der Waals surface area contributed by atoms with Gasteiger partial charge in [-0.2, -0.15) is 5.10 Å². The fourth-order valence-corrected chi connectivity index (χ4v) is 2.09. The molecule has 0 bridgehead atoms. The summed E-state index contributed by atoms with van der Waals surface area (Å²) >= 11 is 0. The van der Waals surface area contributed by atoms with E-state index in [1.165, 1.54) is 0 Å². The second kappa shape index (κ2) is 4.64. The van der Waals surface area contributed by atoms with Gasteiger partial charge < -0.3 is 5.11 Å². The molecule has 0 unspecified atom stereocenters. The number of aromatic nitrogens is 2. The minimum Gasteiger partial charge on any atom is -0.507 e. The summed E-state index contributed by atoms with van der Waals surface area (Å²) in [4.78, 5) is 10.9. The Morgan fingerprint density at radius 1 is 1.28 bits per heavy atom. The molecule has 0 aliphatic rings. The van der Waals surface area contributed by atoms with Crippen LogP contribution in [0.5, 0.6) is 5.75 Å². The number of carbonyl (C=O) groups is 1. The highest BCUT2D eigenvalue weighted by molar-refractivity contribution is 5.80. The number of hydrogen-bond donors (Lipinski definition) is 1. The molecule has 4 nitrogen and oxygen atoms in total. The van der Waals surface area contributed by atoms with Gasteiger partial charge in [-0.05, 0) is 38.5 Å². The van der Waals surface area contributed by atoms with Gasteiger partial charge in [0.05, 0.1) is 17.8 Å². The number of phenols is 1. The maximum atomic E-state index is 10.9. The highest BCUT2D eigenvalue weighted by Crippen LogP contribution is 2.24. The molecule has 0 radical (unpaired) electrons. The Balaban J connectivity index is 2.43. The van der Waals surface area contributed by atoms with Gasteiger partial charge in [-0.1, -0.05) is 6.07 Å². The van der Waals surface area contributed by atoms with Gasteiger partial charge in [0.1, 0.15) is 5.75 Å². The van der Waals surface area contributed by atoms with Crippen molar-refractivity contribution in [2.45, 2.75) is 27.3 Å². The van der Waals surface area contributed by atoms with Crippen molar-refractivity contribution >= 4 is 6.29 Å². The number of hydrogen-bond acceptors (Lipinski definition) is 3. The first-order chi connectivity index (χ1) is 8.51. The van der Waals surface area contributed by atoms with E-state index in [0.717, 1.165) is 17.0 Å². The monoisotopic (exact) mass is 244 g/mol. The largest absolute Gasteiger partial charge is 0.507 e. The second-order valence-electron chi connectivity index (χ2n) is 4.56. The molecule has 1 aromatic heterocycles. The third-order valence-electron chi connectivity index (χ3n) is 2.91. The zero-order valence-corrected chi connectivity index (χ0v) is 10.8. The summed E-state index contributed by atoms with van der Waals surface area (Å²) in [6.07, 6.45) is 0.674. The van der Waals surface area contributed by atoms with E-state index in [1.54, 1.807) is 6.07 Å². The Hall–Kier alpha value is -2.10. The molecule has 1 heterocycles. The number of carbonyl (C=O) groups excluding carboxylic acids is 1. The van der Waals surface area contributed by atoms with Crippen LogP contribution in [0, 0.1) is 20.8 Å². The second-order valence-corrected chi connectivity index (χ2v) is 4.56. The minimum absolute atomic E-state index is 0.0446. The van der Waals surface area contributed by atoms with Crippen LogP contribution in [0.3, 0.4) is 0 Å². The molecule has 18 heavy (non-hydrogen) atoms. The Morgan fingerprint density at radius 3 is 2.56 bits per heavy atom. The zero-order chi connectivity index (χ0) is 13.3. The summed E-state index contributed by atoms with van der Waals surface area (Å²) in [5, 5.41) is 14.3. The molecule has 0 amide bonds. The van der Waals surface area contributed by atoms with E-state index in [4.69, 9.17) is 0 Å². The molecule has 0 aliphatic carbocycles. The molecule has 2 rings (SSSR count). The van der Waals surface area contributed by atoms with Crippen LogP contribution in [-0.2, 0) is 6.54 Å². The molecule has 0 atom stereocenters. The molecule has 1 N–H and O–H groups in total. The number of aryl methyl sites for hydroxylation is 3. The van der Waals surface area contributed by atoms with E-state index in [9.17, 15) is 9.90 Å². The van der Waals surface area contributed by atoms with Crippen molar-refractivity contribution in [3.8, 4) is 5.75 Å². The van der Waals surface area contributed by atoms with Crippen LogP contribution < -0.4 is 0 Å². The fraction of sp³-hybridized carbons (Fsp3) is 0.286. The van der Waals surface area contributed by atoms with Crippen LogP contribution in [0.2, 0.25) is 0 Å². The highest BCUT2D eigenvalue weighted by Gasteiger charge is 2.10. The number of rotatable bonds is 3. The Labute approximate surface area is 106 Å². The summed E-state index contributed by atoms with van der Waals surface area (Å²) in [7, 11) is 0. The van der Waals surface area contributed by atoms with Crippen molar-refractivity contribution in [2.75, 3.05) is 0 Å². The predicted molar refractivity (Wildman–Crippen MR) is 69.0 cm³/mol. The van der Waals surface area contributed by atoms with Crippen LogP contribution in [-0.4, -0.2) is 21.2 Å². The Morgan fingerprint density at radius 2 is 2.00 bits per heavy atom. The average Bonchev–Trinajstić information content (AvgIpc) is 2.62. The van der Waals surface area contributed by atoms with Gasteiger partial charge in [-0.3, -0.25) is 9.48 Å². The van der Waals surface area contributed by atoms with E-state index in [-0.39, 0.29) is 5.75 Å². The molecule has 0 aliphatic heterocycles. The summed E-state index contributed by atoms with van der Waals surface area (Å²) in [6, 6.07) is 5.53. The lowest BCUT2D eigenvalue weighted by Crippen LogP contribution is -2.05. The van der Waals surface area contributed by atoms with Crippen LogP contribution >= 0.6 is 0 Å². The van der Waals surface area contributed by atoms with Crippen molar-refractivity contribution in [3.63, 3.8) is 0 Å². The van der Waals surface area contributed by atoms with E-state index >= 15 is 0 Å². The lowest BCUT2D eigenvalue weighted by molar-refractivity contribution is 0.112. The van der Waals surface area contributed by atoms with Gasteiger partial charge in [0.25, 0.3) is 0 Å². The smallest absolute Gasteiger partial charge is 0.153 e. The maximum absolute atomic E-state index is 10.9. The van der Waals surface area contributed by atoms with Gasteiger partial charge in [-0.25, -0.2) is 0 Å². The van der Waals surface area contributed by atoms with Crippen LogP contribution in [0.1, 0.15) is 32.9 Å². The number of aromatic hydroxyl groups is 1. The molecule has 0 saturated carbocycles. The fourth-order valence-electron chi connectivity index (χ4n) is 2.09. The number of nitrogens with zero attached hydrogens (tertiary/aromatic N) is 2. The Bertz CT molecular complexity index is 600. The number of benzene rings is 1. The lowest BCUT2D eigenvalue weighted by atomic mass is 10.1. The molecule has 0 fully saturated rings. The molecule has 0 spiro atoms. The maximum Gasteiger partial charge on any atom is 0.153 e. The first-order valence-corrected chi connectivity index (χ1v) is 5.80. The summed E-state index contributed by atoms with van der Waals surface area (Å²) in [5.74, 6) is 0.0446. The Kier molecular flexibility index (Phi) is 3.19. The van der Waals surface area contributed by atoms with Crippen molar-refractivity contribution in [2.24, 2.45) is 0 Å². The van der Waals surface area contributed by atoms with Crippen molar-refractivity contribution in [3.05, 3.63) is 46.3 Å². The quantitative estimate of drug-likeness (QED) is 0.843. The normalized spacial score (nSPS) is 10.6. The number of phenolic OH excluding ortho intramolecular Hbond substituents is 1. The standard InChI is InChI=1S/C14H16N2O2/c1-9-4-12(14(18)13(5-9)8-17)7-16-11(3)6-10(2)15-16/h4-6,8,18H,7H2,1-3H3. The van der Waals surface area contributed by atoms with Crippen molar-refractivity contribution < 1.29 is 9.90 Å². The van der Waals surface area contributed by atoms with Crippen LogP contribution in [0.25, 0.3) is 0 Å². The SMILES string of the molecule is Cc1cc(C=O)c(O)c(Cn2nc(C)cc2C)c1. The number of aldehydes is 1. The predicted octanol–water partition coefficient (Wildman–Crippen LogP) is 2.37. The van der Waals surface area contributed by atoms with Crippen LogP contribution in [0.15, 0.2) is 18.2 Å². The molecule has 0 saturated heterocycles. The third-order valence-corrected chi connectivity index (χ3v) is 2.91. The summed E-state index contributed by atoms with van der Waals surface area (Å²) in [5.41, 5.74) is 3.96. The molecule has 4 heteroatoms. The van der Waals surface area contributed by atoms with Gasteiger partial charge in [0.15, 0.2) is 6.29 Å². The van der Waals surface area contributed by atoms with Gasteiger partial charge in [0.2, 0.25) is 0 Å². The molecular formula is C14H16N2O2. The summed E-state index contributed by atoms with van der Waals surface area (Å²) < 4.78 is 1.82. The first-order valence-electron chi connectivity index (χ1n) is 5.80. The third kappa shape index (κ3) is 2.27. The van der Waals surface area contributed by atoms with E-state index in [0.29, 0.717) is 24.0 Å². The lowest BCUT2D eigenvalue weighted by Gasteiger charge is -2.10. The molecule has 94 valence electrons. The minimum atomic E-state index is 0.0446.